The van der Waals surface area contributed by atoms with Crippen LogP contribution >= 0.6 is 7.81 Å². The van der Waals surface area contributed by atoms with Gasteiger partial charge in [0, 0.05) is 7.11 Å². The van der Waals surface area contributed by atoms with E-state index in [1.54, 1.807) is 11.1 Å². The molecule has 0 N–H and O–H groups in total. The van der Waals surface area contributed by atoms with E-state index in [0.717, 1.165) is 23.7 Å². The van der Waals surface area contributed by atoms with Crippen molar-refractivity contribution >= 4 is 13.6 Å². The van der Waals surface area contributed by atoms with Crippen molar-refractivity contribution in [2.75, 3.05) is 14.2 Å². The summed E-state index contributed by atoms with van der Waals surface area (Å²) in [5, 5.41) is 0. The number of ketones is 1. The fraction of sp³-hybridized carbons (Fsp3) is 0.684. The molecule has 0 aromatic carbocycles. The first-order valence-electron chi connectivity index (χ1n) is 9.66. The molecule has 2 nitrogen and oxygen atoms in total. The number of fused-ring (bicyclic) bond motifs is 6. The number of hydrogen-bond donors (Lipinski definition) is 0. The van der Waals surface area contributed by atoms with Crippen LogP contribution in [0.4, 0.5) is 25.2 Å². The predicted octanol–water partition coefficient (Wildman–Crippen LogP) is 7.14. The Hall–Kier alpha value is -0.880. The molecule has 6 aliphatic rings. The molecule has 4 bridgehead atoms. The minimum absolute atomic E-state index is 0.721. The molecule has 2 atom stereocenters. The van der Waals surface area contributed by atoms with Gasteiger partial charge < -0.3 is 4.74 Å². The van der Waals surface area contributed by atoms with Crippen LogP contribution in [0.2, 0.25) is 0 Å². The summed E-state index contributed by atoms with van der Waals surface area (Å²) in [6.45, 7) is 0. The summed E-state index contributed by atoms with van der Waals surface area (Å²) in [7, 11) is -6.89. The van der Waals surface area contributed by atoms with E-state index in [1.165, 1.54) is 68.0 Å². The number of halogens is 6. The molecule has 159 valence electrons. The third-order valence-corrected chi connectivity index (χ3v) is 6.76. The van der Waals surface area contributed by atoms with Gasteiger partial charge in [0.1, 0.15) is 6.10 Å². The normalized spacial score (nSPS) is 38.1. The molecule has 0 spiro atoms. The third-order valence-electron chi connectivity index (χ3n) is 6.76. The quantitative estimate of drug-likeness (QED) is 0.247. The molecule has 0 saturated heterocycles. The second-order valence-corrected chi connectivity index (χ2v) is 10.4. The summed E-state index contributed by atoms with van der Waals surface area (Å²) in [5.41, 5.74) is 6.17. The Balaban J connectivity index is 0.000000239. The van der Waals surface area contributed by atoms with Gasteiger partial charge in [0.15, 0.2) is 0 Å². The molecular formula is C19H24F6O2P. The SMILES string of the molecule is CO[C]1C2=C(C(=[O+]C)C3=C1[C@@H]1CC[C@H]3C1)C1CCC2CC1.F[P-](F)(F)(F)(F)F. The maximum absolute atomic E-state index is 10.7. The van der Waals surface area contributed by atoms with Crippen LogP contribution in [-0.2, 0) is 9.16 Å². The monoisotopic (exact) mass is 429 g/mol. The first kappa shape index (κ1) is 20.4. The molecule has 0 aliphatic heterocycles. The van der Waals surface area contributed by atoms with Gasteiger partial charge in [-0.15, -0.1) is 0 Å². The van der Waals surface area contributed by atoms with Crippen molar-refractivity contribution in [1.29, 1.82) is 0 Å². The van der Waals surface area contributed by atoms with E-state index in [4.69, 9.17) is 9.16 Å². The third kappa shape index (κ3) is 3.79. The number of hydrogen-bond acceptors (Lipinski definition) is 1. The summed E-state index contributed by atoms with van der Waals surface area (Å²) in [4.78, 5) is 0. The number of rotatable bonds is 1. The van der Waals surface area contributed by atoms with Crippen molar-refractivity contribution in [2.45, 2.75) is 44.9 Å². The molecule has 2 saturated carbocycles. The summed E-state index contributed by atoms with van der Waals surface area (Å²) < 4.78 is 71.2. The van der Waals surface area contributed by atoms with Crippen LogP contribution in [0.15, 0.2) is 22.3 Å². The van der Waals surface area contributed by atoms with Gasteiger partial charge in [-0.2, -0.15) is 0 Å². The topological polar surface area (TPSA) is 20.5 Å². The molecule has 0 heterocycles. The van der Waals surface area contributed by atoms with Crippen molar-refractivity contribution in [2.24, 2.45) is 23.7 Å². The van der Waals surface area contributed by atoms with E-state index in [2.05, 4.69) is 0 Å². The molecule has 0 unspecified atom stereocenters. The summed E-state index contributed by atoms with van der Waals surface area (Å²) in [6, 6.07) is 0. The molecule has 6 rings (SSSR count). The second kappa shape index (κ2) is 5.84. The van der Waals surface area contributed by atoms with E-state index in [0.29, 0.717) is 0 Å². The maximum atomic E-state index is 9.87. The summed E-state index contributed by atoms with van der Waals surface area (Å²) in [6.07, 6.45) is 10.7. The van der Waals surface area contributed by atoms with Crippen molar-refractivity contribution in [3.63, 3.8) is 0 Å². The molecule has 9 heteroatoms. The van der Waals surface area contributed by atoms with E-state index < -0.39 is 7.81 Å². The summed E-state index contributed by atoms with van der Waals surface area (Å²) >= 11 is 0. The van der Waals surface area contributed by atoms with Gasteiger partial charge >= 0.3 is 38.8 Å². The van der Waals surface area contributed by atoms with Crippen molar-refractivity contribution in [3.8, 4) is 0 Å². The first-order valence-corrected chi connectivity index (χ1v) is 11.7. The fourth-order valence-electron chi connectivity index (χ4n) is 6.02. The molecular weight excluding hydrogens is 405 g/mol. The van der Waals surface area contributed by atoms with Gasteiger partial charge in [0.25, 0.3) is 7.11 Å². The zero-order valence-corrected chi connectivity index (χ0v) is 16.7. The van der Waals surface area contributed by atoms with Crippen molar-refractivity contribution in [3.05, 3.63) is 28.4 Å². The van der Waals surface area contributed by atoms with Gasteiger partial charge in [-0.3, -0.25) is 4.42 Å². The van der Waals surface area contributed by atoms with Crippen LogP contribution in [0.1, 0.15) is 44.9 Å². The van der Waals surface area contributed by atoms with E-state index in [-0.39, 0.29) is 0 Å². The molecule has 6 aliphatic carbocycles. The molecule has 2 fully saturated rings. The zero-order chi connectivity index (χ0) is 20.5. The van der Waals surface area contributed by atoms with E-state index in [9.17, 15) is 25.2 Å². The van der Waals surface area contributed by atoms with Crippen LogP contribution in [0, 0.1) is 29.8 Å². The molecule has 1 radical (unpaired) electrons. The van der Waals surface area contributed by atoms with Crippen LogP contribution in [-0.4, -0.2) is 20.0 Å². The average Bonchev–Trinajstić information content (AvgIpc) is 3.20. The van der Waals surface area contributed by atoms with Crippen LogP contribution in [0.5, 0.6) is 0 Å². The Bertz CT molecular complexity index is 776. The van der Waals surface area contributed by atoms with Crippen molar-refractivity contribution < 1.29 is 34.3 Å². The second-order valence-electron chi connectivity index (χ2n) is 8.43. The number of carbonyl (C=O) groups excluding carboxylic acids is 1. The summed E-state index contributed by atoms with van der Waals surface area (Å²) in [5.74, 6) is 4.18. The molecule has 28 heavy (non-hydrogen) atoms. The van der Waals surface area contributed by atoms with Crippen LogP contribution < -0.4 is 0 Å². The van der Waals surface area contributed by atoms with Gasteiger partial charge in [-0.25, -0.2) is 0 Å². The van der Waals surface area contributed by atoms with Gasteiger partial charge in [0.05, 0.1) is 11.1 Å². The Kier molecular flexibility index (Phi) is 4.25. The zero-order valence-electron chi connectivity index (χ0n) is 15.8. The van der Waals surface area contributed by atoms with Gasteiger partial charge in [-0.05, 0) is 79.8 Å². The van der Waals surface area contributed by atoms with Crippen LogP contribution in [0.3, 0.4) is 0 Å². The minimum atomic E-state index is -10.7. The van der Waals surface area contributed by atoms with Crippen LogP contribution in [0.25, 0.3) is 0 Å². The standard InChI is InChI=1S/C19H24O2.F6P/c1-20-18-14-10-3-5-11(6-4-10)15(14)19(21-2)17-13-8-7-12(9-13)16(17)18;1-7(2,3,4,5)6/h10-13H,3-9H2,1-2H3;/q+1;-1/t10?,11?,12-,13+;. The Morgan fingerprint density at radius 2 is 1.07 bits per heavy atom. The average molecular weight is 429 g/mol. The Labute approximate surface area is 159 Å². The number of ether oxygens (including phenoxy) is 1. The fourth-order valence-corrected chi connectivity index (χ4v) is 6.02. The van der Waals surface area contributed by atoms with E-state index >= 15 is 0 Å². The Morgan fingerprint density at radius 1 is 0.714 bits per heavy atom. The molecule has 0 aromatic heterocycles. The predicted molar refractivity (Wildman–Crippen MR) is 95.1 cm³/mol. The van der Waals surface area contributed by atoms with E-state index in [1.807, 2.05) is 14.2 Å². The Morgan fingerprint density at radius 3 is 1.54 bits per heavy atom. The van der Waals surface area contributed by atoms with Crippen molar-refractivity contribution in [1.82, 2.24) is 0 Å². The van der Waals surface area contributed by atoms with Gasteiger partial charge in [0.2, 0.25) is 0 Å². The van der Waals surface area contributed by atoms with Gasteiger partial charge in [-0.1, -0.05) is 0 Å². The number of allylic oxidation sites excluding steroid dienone is 2. The number of methoxy groups -OCH3 is 1. The first-order chi connectivity index (χ1) is 12.8. The molecule has 0 amide bonds. The molecule has 0 aromatic rings.